The molecule has 0 aliphatic heterocycles. The number of hydrogen-bond donors (Lipinski definition) is 2. The van der Waals surface area contributed by atoms with E-state index in [0.29, 0.717) is 0 Å². The number of carbonyl (C=O) groups excluding carboxylic acids is 1. The van der Waals surface area contributed by atoms with Gasteiger partial charge in [-0.3, -0.25) is 4.79 Å². The second kappa shape index (κ2) is 8.39. The summed E-state index contributed by atoms with van der Waals surface area (Å²) in [6, 6.07) is 5.51. The molecule has 0 heterocycles. The van der Waals surface area contributed by atoms with E-state index in [4.69, 9.17) is 9.84 Å². The van der Waals surface area contributed by atoms with Crippen LogP contribution < -0.4 is 10.1 Å². The number of amides is 1. The van der Waals surface area contributed by atoms with Gasteiger partial charge in [0.1, 0.15) is 5.75 Å². The van der Waals surface area contributed by atoms with E-state index < -0.39 is 12.5 Å². The monoisotopic (exact) mass is 275 g/mol. The highest BCUT2D eigenvalue weighted by atomic mass is 19.3. The number of alkyl halides is 2. The van der Waals surface area contributed by atoms with Gasteiger partial charge in [0.05, 0.1) is 19.8 Å². The fraction of sp³-hybridized carbons (Fsp3) is 0.417. The van der Waals surface area contributed by atoms with Crippen molar-refractivity contribution in [1.82, 2.24) is 5.32 Å². The molecule has 0 spiro atoms. The fourth-order valence-corrected chi connectivity index (χ4v) is 1.32. The summed E-state index contributed by atoms with van der Waals surface area (Å²) in [7, 11) is 0. The second-order valence-corrected chi connectivity index (χ2v) is 3.50. The first-order chi connectivity index (χ1) is 9.13. The van der Waals surface area contributed by atoms with Crippen LogP contribution in [0.15, 0.2) is 24.3 Å². The third kappa shape index (κ3) is 6.12. The van der Waals surface area contributed by atoms with Gasteiger partial charge in [-0.15, -0.1) is 0 Å². The molecule has 1 aromatic rings. The molecule has 1 amide bonds. The average Bonchev–Trinajstić information content (AvgIpc) is 2.38. The molecule has 1 aromatic carbocycles. The summed E-state index contributed by atoms with van der Waals surface area (Å²) < 4.78 is 33.2. The Morgan fingerprint density at radius 2 is 2.16 bits per heavy atom. The Kier molecular flexibility index (Phi) is 6.76. The van der Waals surface area contributed by atoms with Gasteiger partial charge in [0.25, 0.3) is 5.91 Å². The number of ether oxygens (including phenoxy) is 2. The summed E-state index contributed by atoms with van der Waals surface area (Å²) >= 11 is 0. The molecular formula is C12H15F2NO4. The van der Waals surface area contributed by atoms with Crippen LogP contribution in [-0.2, 0) is 4.74 Å². The summed E-state index contributed by atoms with van der Waals surface area (Å²) in [5, 5.41) is 11.0. The Labute approximate surface area is 109 Å². The lowest BCUT2D eigenvalue weighted by Crippen LogP contribution is -2.27. The lowest BCUT2D eigenvalue weighted by Gasteiger charge is -2.08. The highest BCUT2D eigenvalue weighted by Crippen LogP contribution is 2.15. The van der Waals surface area contributed by atoms with Crippen LogP contribution in [0.1, 0.15) is 10.4 Å². The number of aliphatic hydroxyl groups excluding tert-OH is 1. The van der Waals surface area contributed by atoms with E-state index in [1.807, 2.05) is 0 Å². The Morgan fingerprint density at radius 3 is 2.84 bits per heavy atom. The van der Waals surface area contributed by atoms with Crippen LogP contribution in [0.2, 0.25) is 0 Å². The van der Waals surface area contributed by atoms with Gasteiger partial charge in [-0.1, -0.05) is 6.07 Å². The van der Waals surface area contributed by atoms with Crippen molar-refractivity contribution >= 4 is 5.91 Å². The maximum absolute atomic E-state index is 12.0. The molecule has 0 fully saturated rings. The van der Waals surface area contributed by atoms with E-state index in [1.165, 1.54) is 24.3 Å². The first kappa shape index (κ1) is 15.3. The number of aliphatic hydroxyl groups is 1. The summed E-state index contributed by atoms with van der Waals surface area (Å²) in [5.74, 6) is -0.480. The van der Waals surface area contributed by atoms with Crippen LogP contribution in [0.5, 0.6) is 5.75 Å². The molecule has 0 unspecified atom stereocenters. The SMILES string of the molecule is O=C(NCCOCCO)c1cccc(OC(F)F)c1. The molecule has 5 nitrogen and oxygen atoms in total. The zero-order chi connectivity index (χ0) is 14.1. The molecule has 0 aliphatic carbocycles. The van der Waals surface area contributed by atoms with E-state index in [2.05, 4.69) is 10.1 Å². The Hall–Kier alpha value is -1.73. The van der Waals surface area contributed by atoms with E-state index in [0.717, 1.165) is 0 Å². The molecule has 0 bridgehead atoms. The largest absolute Gasteiger partial charge is 0.435 e. The summed E-state index contributed by atoms with van der Waals surface area (Å²) in [6.45, 7) is -2.28. The molecule has 0 aromatic heterocycles. The van der Waals surface area contributed by atoms with Gasteiger partial charge in [-0.25, -0.2) is 0 Å². The zero-order valence-electron chi connectivity index (χ0n) is 10.1. The average molecular weight is 275 g/mol. The second-order valence-electron chi connectivity index (χ2n) is 3.50. The number of rotatable bonds is 8. The first-order valence-corrected chi connectivity index (χ1v) is 5.65. The molecule has 0 radical (unpaired) electrons. The van der Waals surface area contributed by atoms with E-state index in [1.54, 1.807) is 0 Å². The minimum absolute atomic E-state index is 0.0702. The van der Waals surface area contributed by atoms with Gasteiger partial charge in [-0.2, -0.15) is 8.78 Å². The van der Waals surface area contributed by atoms with Crippen LogP contribution in [0.25, 0.3) is 0 Å². The molecule has 0 saturated heterocycles. The van der Waals surface area contributed by atoms with Crippen molar-refractivity contribution in [3.05, 3.63) is 29.8 Å². The lowest BCUT2D eigenvalue weighted by atomic mass is 10.2. The van der Waals surface area contributed by atoms with E-state index >= 15 is 0 Å². The Balaban J connectivity index is 2.43. The number of benzene rings is 1. The van der Waals surface area contributed by atoms with Gasteiger partial charge in [0.15, 0.2) is 0 Å². The molecule has 0 atom stereocenters. The smallest absolute Gasteiger partial charge is 0.387 e. The highest BCUT2D eigenvalue weighted by Gasteiger charge is 2.08. The summed E-state index contributed by atoms with van der Waals surface area (Å²) in [4.78, 5) is 11.7. The van der Waals surface area contributed by atoms with Crippen molar-refractivity contribution in [3.8, 4) is 5.75 Å². The minimum atomic E-state index is -2.93. The molecular weight excluding hydrogens is 260 g/mol. The topological polar surface area (TPSA) is 67.8 Å². The van der Waals surface area contributed by atoms with Crippen molar-refractivity contribution < 1.29 is 28.2 Å². The standard InChI is InChI=1S/C12H15F2NO4/c13-12(14)19-10-3-1-2-9(8-10)11(17)15-4-6-18-7-5-16/h1-3,8,12,16H,4-7H2,(H,15,17). The van der Waals surface area contributed by atoms with Crippen molar-refractivity contribution in [2.45, 2.75) is 6.61 Å². The minimum Gasteiger partial charge on any atom is -0.435 e. The Morgan fingerprint density at radius 1 is 1.37 bits per heavy atom. The van der Waals surface area contributed by atoms with Gasteiger partial charge in [0.2, 0.25) is 0 Å². The molecule has 2 N–H and O–H groups in total. The summed E-state index contributed by atoms with van der Waals surface area (Å²) in [6.07, 6.45) is 0. The lowest BCUT2D eigenvalue weighted by molar-refractivity contribution is -0.0498. The van der Waals surface area contributed by atoms with Crippen LogP contribution in [0.4, 0.5) is 8.78 Å². The van der Waals surface area contributed by atoms with E-state index in [-0.39, 0.29) is 37.7 Å². The van der Waals surface area contributed by atoms with Crippen molar-refractivity contribution in [1.29, 1.82) is 0 Å². The maximum Gasteiger partial charge on any atom is 0.387 e. The highest BCUT2D eigenvalue weighted by molar-refractivity contribution is 5.94. The van der Waals surface area contributed by atoms with Crippen molar-refractivity contribution in [2.24, 2.45) is 0 Å². The van der Waals surface area contributed by atoms with Crippen molar-refractivity contribution in [3.63, 3.8) is 0 Å². The number of hydrogen-bond acceptors (Lipinski definition) is 4. The number of nitrogens with one attached hydrogen (secondary N) is 1. The quantitative estimate of drug-likeness (QED) is 0.695. The van der Waals surface area contributed by atoms with Gasteiger partial charge in [0, 0.05) is 12.1 Å². The molecule has 7 heteroatoms. The number of carbonyl (C=O) groups is 1. The fourth-order valence-electron chi connectivity index (χ4n) is 1.32. The predicted molar refractivity (Wildman–Crippen MR) is 63.3 cm³/mol. The molecule has 1 rings (SSSR count). The van der Waals surface area contributed by atoms with Gasteiger partial charge < -0.3 is 19.9 Å². The molecule has 19 heavy (non-hydrogen) atoms. The van der Waals surface area contributed by atoms with Crippen LogP contribution in [0, 0.1) is 0 Å². The molecule has 0 saturated carbocycles. The zero-order valence-corrected chi connectivity index (χ0v) is 10.1. The van der Waals surface area contributed by atoms with Crippen LogP contribution in [-0.4, -0.2) is 44.0 Å². The van der Waals surface area contributed by atoms with Gasteiger partial charge >= 0.3 is 6.61 Å². The molecule has 106 valence electrons. The van der Waals surface area contributed by atoms with Crippen LogP contribution in [0.3, 0.4) is 0 Å². The third-order valence-corrected chi connectivity index (χ3v) is 2.09. The van der Waals surface area contributed by atoms with E-state index in [9.17, 15) is 13.6 Å². The first-order valence-electron chi connectivity index (χ1n) is 5.65. The summed E-state index contributed by atoms with van der Waals surface area (Å²) in [5.41, 5.74) is 0.223. The third-order valence-electron chi connectivity index (χ3n) is 2.09. The maximum atomic E-state index is 12.0. The predicted octanol–water partition coefficient (Wildman–Crippen LogP) is 1.03. The number of halogens is 2. The normalized spacial score (nSPS) is 10.5. The van der Waals surface area contributed by atoms with Gasteiger partial charge in [-0.05, 0) is 18.2 Å². The van der Waals surface area contributed by atoms with Crippen LogP contribution >= 0.6 is 0 Å². The molecule has 0 aliphatic rings. The Bertz CT molecular complexity index is 401. The van der Waals surface area contributed by atoms with Crippen molar-refractivity contribution in [2.75, 3.05) is 26.4 Å².